The number of aliphatic hydroxyl groups excluding tert-OH is 2. The van der Waals surface area contributed by atoms with E-state index >= 15 is 52.7 Å². The van der Waals surface area contributed by atoms with Crippen LogP contribution in [0, 0.1) is 17.8 Å². The Morgan fingerprint density at radius 1 is 0.536 bits per heavy atom. The Balaban J connectivity index is 1.03. The summed E-state index contributed by atoms with van der Waals surface area (Å²) in [6, 6.07) is 2.18. The SMILES string of the molecule is CCCC[C@H]1C(=O)N(C)[C@@H](CCCC)C(=O)N[C@@H](CCC(=O)O)C(=O)C[C@H](C(=O)NCC(N)=O)CSCC(=O)N[C@@H](Cc2ccc(O)cc2)C(=O)N2CCCC[C@H]2C(=O)C[C@@H](CC(=O)O)C(=O)N2CCC[C@H]2C(=O)N[C@@H](Cc2cnc[nH]2)C(=O)C[C@@H](CCC(=O)O)C(=O)N2C[C@H](O)C[C@H]2C(=O)N[C@@H](Cc2c[nH]c3ccccc23)C(=O)N[C@@H](CO)C(=O)N[C@@H](Cc2cn(C)c3ccccc23)C(=O)N1C. The standard InChI is InChI=1S/C95H125N17O25S/c1-6-8-20-73-88(130)102-65(30-32-83(123)124)77(116)40-58(85(127)99-46-80(96)119)50-138-51-81(120)101-68(35-53-25-28-60(114)29-26-53)94(136)110-33-15-14-23-72(110)79(118)39-55(41-84(125)126)92(134)111-34-16-24-74(111)89(131)103-66(42-59-45-97-52-100-59)78(117)38-54(27-31-82(121)122)91(133)112-48-61(115)43-76(112)90(132)104-67(36-56-44-98-64-19-12-10-17-62(56)64)86(128)106-70(49-113)87(129)105-69(37-57-47-107(3)71-22-13-11-18-63(57)71)93(135)109(5)75(21-9-7-2)95(137)108(73)4/h10-13,17-19,22,25-26,28-29,44-45,47,52,54-55,58,61,65-70,72-76,98,113-115H,6-9,14-16,20-21,23-24,27,30-43,46,48-51H2,1-5H3,(H2,96,119)(H,97,100)(H,99,127)(H,101,120)(H,102,130)(H,103,131)(H,104,132)(H,105,129)(H,106,128)(H,121,122)(H,123,124)(H,125,126)/t54-,55+,58+,61-,65+,66+,67+,68+,69+,70+,72+,73+,74+,75+,76+/m1/s1. The number of nitrogens with one attached hydrogen (secondary N) is 9. The summed E-state index contributed by atoms with van der Waals surface area (Å²) in [5.41, 5.74) is 8.33. The molecular formula is C95H125N17O25S. The quantitative estimate of drug-likeness (QED) is 0.0359. The lowest BCUT2D eigenvalue weighted by molar-refractivity contribution is -0.150. The summed E-state index contributed by atoms with van der Waals surface area (Å²) >= 11 is 0.779. The number of imidazole rings is 1. The third kappa shape index (κ3) is 28.8. The highest BCUT2D eigenvalue weighted by molar-refractivity contribution is 7.99. The minimum Gasteiger partial charge on any atom is -0.508 e. The summed E-state index contributed by atoms with van der Waals surface area (Å²) < 4.78 is 1.78. The van der Waals surface area contributed by atoms with Crippen molar-refractivity contribution in [1.82, 2.24) is 81.2 Å². The smallest absolute Gasteiger partial charge is 0.304 e. The number of H-pyrrole nitrogens is 2. The zero-order valence-corrected chi connectivity index (χ0v) is 78.7. The van der Waals surface area contributed by atoms with Gasteiger partial charge in [-0.25, -0.2) is 4.98 Å². The van der Waals surface area contributed by atoms with Gasteiger partial charge in [-0.3, -0.25) is 91.1 Å². The van der Waals surface area contributed by atoms with Crippen molar-refractivity contribution in [3.63, 3.8) is 0 Å². The number of carbonyl (C=O) groups is 19. The molecule has 4 saturated heterocycles. The van der Waals surface area contributed by atoms with Gasteiger partial charge in [-0.15, -0.1) is 0 Å². The number of aliphatic hydroxyl groups is 2. The molecule has 0 radical (unpaired) electrons. The number of nitrogens with two attached hydrogens (primary N) is 1. The third-order valence-corrected chi connectivity index (χ3v) is 27.0. The molecule has 4 aliphatic heterocycles. The van der Waals surface area contributed by atoms with Crippen LogP contribution in [0.4, 0.5) is 0 Å². The van der Waals surface area contributed by atoms with E-state index < -0.39 is 291 Å². The summed E-state index contributed by atoms with van der Waals surface area (Å²) in [7, 11) is 4.36. The van der Waals surface area contributed by atoms with Crippen molar-refractivity contribution in [1.29, 1.82) is 0 Å². The first-order chi connectivity index (χ1) is 65.9. The number of carboxylic acid groups (broad SMARTS) is 3. The maximum atomic E-state index is 15.8. The highest BCUT2D eigenvalue weighted by Gasteiger charge is 2.48. The second kappa shape index (κ2) is 50.6. The lowest BCUT2D eigenvalue weighted by atomic mass is 9.89. The van der Waals surface area contributed by atoms with Crippen LogP contribution in [0.15, 0.2) is 97.7 Å². The van der Waals surface area contributed by atoms with Gasteiger partial charge in [0.2, 0.25) is 76.8 Å². The molecule has 0 unspecified atom stereocenters. The van der Waals surface area contributed by atoms with E-state index in [1.165, 1.54) is 55.8 Å². The number of Topliss-reactive ketones (excluding diaryl/α,β-unsaturated/α-hetero) is 3. The molecule has 0 spiro atoms. The Kier molecular flexibility index (Phi) is 39.1. The Morgan fingerprint density at radius 3 is 1.80 bits per heavy atom. The highest BCUT2D eigenvalue weighted by Crippen LogP contribution is 2.33. The molecule has 0 saturated carbocycles. The van der Waals surface area contributed by atoms with Gasteiger partial charge in [0.1, 0.15) is 54.1 Å². The van der Waals surface area contributed by atoms with Crippen molar-refractivity contribution in [3.05, 3.63) is 120 Å². The van der Waals surface area contributed by atoms with Crippen LogP contribution in [0.5, 0.6) is 5.75 Å². The van der Waals surface area contributed by atoms with Crippen molar-refractivity contribution >= 4 is 146 Å². The summed E-state index contributed by atoms with van der Waals surface area (Å²) in [5, 5.41) is 83.3. The van der Waals surface area contributed by atoms with Crippen LogP contribution in [-0.2, 0) is 124 Å². The number of fused-ring (bicyclic) bond motifs is 5. The summed E-state index contributed by atoms with van der Waals surface area (Å²) in [5.74, 6) is -25.2. The monoisotopic (exact) mass is 1940 g/mol. The molecule has 138 heavy (non-hydrogen) atoms. The number of amides is 13. The van der Waals surface area contributed by atoms with E-state index in [-0.39, 0.29) is 88.7 Å². The van der Waals surface area contributed by atoms with E-state index in [1.807, 2.05) is 13.0 Å². The first kappa shape index (κ1) is 107. The zero-order valence-electron chi connectivity index (χ0n) is 77.9. The fourth-order valence-electron chi connectivity index (χ4n) is 18.5. The van der Waals surface area contributed by atoms with Gasteiger partial charge in [0.05, 0.1) is 67.7 Å². The van der Waals surface area contributed by atoms with Gasteiger partial charge in [0.15, 0.2) is 17.3 Å². The second-order valence-corrected chi connectivity index (χ2v) is 36.9. The molecule has 15 atom stereocenters. The summed E-state index contributed by atoms with van der Waals surface area (Å²) in [4.78, 5) is 292. The number of aromatic nitrogens is 4. The number of likely N-dealkylation sites (N-methyl/N-ethyl adjacent to an activating group) is 2. The average molecular weight is 1940 g/mol. The number of aromatic hydroxyl groups is 1. The molecule has 0 aliphatic carbocycles. The average Bonchev–Trinajstić information content (AvgIpc) is 1.63. The van der Waals surface area contributed by atoms with E-state index in [2.05, 4.69) is 52.2 Å². The molecule has 3 aromatic heterocycles. The maximum absolute atomic E-state index is 15.8. The lowest BCUT2D eigenvalue weighted by Crippen LogP contribution is -2.61. The Bertz CT molecular complexity index is 5410. The van der Waals surface area contributed by atoms with E-state index in [4.69, 9.17) is 5.73 Å². The van der Waals surface area contributed by atoms with E-state index in [1.54, 1.807) is 73.4 Å². The Labute approximate surface area is 799 Å². The number of phenols is 1. The number of primary amides is 1. The normalized spacial score (nSPS) is 25.1. The zero-order chi connectivity index (χ0) is 100. The van der Waals surface area contributed by atoms with Crippen molar-refractivity contribution < 1.29 is 122 Å². The number of phenolic OH excluding ortho intramolecular Hbond substituents is 1. The van der Waals surface area contributed by atoms with Crippen LogP contribution in [0.2, 0.25) is 0 Å². The number of aliphatic carboxylic acids is 3. The third-order valence-electron chi connectivity index (χ3n) is 25.9. The number of hydrogen-bond donors (Lipinski definition) is 16. The number of rotatable bonds is 26. The predicted octanol–water partition coefficient (Wildman–Crippen LogP) is 0.907. The minimum atomic E-state index is -1.94. The summed E-state index contributed by atoms with van der Waals surface area (Å²) in [6.07, 6.45) is -1.14. The maximum Gasteiger partial charge on any atom is 0.304 e. The predicted molar refractivity (Wildman–Crippen MR) is 499 cm³/mol. The van der Waals surface area contributed by atoms with Crippen LogP contribution in [0.1, 0.15) is 165 Å². The second-order valence-electron chi connectivity index (χ2n) is 35.9. The molecule has 7 heterocycles. The Hall–Kier alpha value is -13.5. The van der Waals surface area contributed by atoms with Gasteiger partial charge >= 0.3 is 17.9 Å². The van der Waals surface area contributed by atoms with Crippen LogP contribution in [-0.4, -0.2) is 318 Å². The number of hydrogen-bond acceptors (Lipinski definition) is 24. The molecule has 746 valence electrons. The number of carbonyl (C=O) groups excluding carboxylic acids is 16. The number of unbranched alkanes of at least 4 members (excludes halogenated alkanes) is 2. The van der Waals surface area contributed by atoms with Gasteiger partial charge in [0.25, 0.3) is 0 Å². The van der Waals surface area contributed by atoms with Crippen molar-refractivity contribution in [3.8, 4) is 5.75 Å². The summed E-state index contributed by atoms with van der Waals surface area (Å²) in [6.45, 7) is 0.924. The molecule has 3 aromatic carbocycles. The van der Waals surface area contributed by atoms with Gasteiger partial charge < -0.3 is 113 Å². The minimum absolute atomic E-state index is 0.00156. The van der Waals surface area contributed by atoms with Crippen molar-refractivity contribution in [2.24, 2.45) is 30.5 Å². The molecule has 17 N–H and O–H groups in total. The molecule has 4 aliphatic rings. The number of nitrogens with zero attached hydrogens (tertiary/aromatic N) is 7. The van der Waals surface area contributed by atoms with Gasteiger partial charge in [-0.2, -0.15) is 11.8 Å². The van der Waals surface area contributed by atoms with Crippen LogP contribution in [0.25, 0.3) is 21.8 Å². The number of carboxylic acids is 3. The Morgan fingerprint density at radius 2 is 1.12 bits per heavy atom. The molecule has 0 bridgehead atoms. The van der Waals surface area contributed by atoms with Crippen molar-refractivity contribution in [2.75, 3.05) is 58.4 Å². The number of thioether (sulfide) groups is 1. The number of para-hydroxylation sites is 2. The molecule has 43 heteroatoms. The highest BCUT2D eigenvalue weighted by atomic mass is 32.2. The molecule has 42 nitrogen and oxygen atoms in total. The van der Waals surface area contributed by atoms with Crippen molar-refractivity contribution in [2.45, 2.75) is 241 Å². The van der Waals surface area contributed by atoms with E-state index in [9.17, 15) is 69.0 Å². The molecule has 10 rings (SSSR count). The van der Waals surface area contributed by atoms with Gasteiger partial charge in [0, 0.05) is 163 Å². The topological polar surface area (TPSA) is 622 Å². The van der Waals surface area contributed by atoms with Gasteiger partial charge in [-0.1, -0.05) is 88.1 Å². The number of benzene rings is 3. The first-order valence-electron chi connectivity index (χ1n) is 46.6. The first-order valence-corrected chi connectivity index (χ1v) is 47.8. The fourth-order valence-corrected chi connectivity index (χ4v) is 19.4. The van der Waals surface area contributed by atoms with Crippen LogP contribution >= 0.6 is 11.8 Å². The van der Waals surface area contributed by atoms with Gasteiger partial charge in [-0.05, 0) is 98.7 Å². The number of piperidine rings is 1. The molecular weight excluding hydrogens is 1810 g/mol. The lowest BCUT2D eigenvalue weighted by Gasteiger charge is -2.38. The van der Waals surface area contributed by atoms with Crippen LogP contribution in [0.3, 0.4) is 0 Å². The molecule has 4 fully saturated rings. The van der Waals surface area contributed by atoms with E-state index in [0.29, 0.717) is 70.6 Å². The number of aryl methyl sites for hydroxylation is 1. The van der Waals surface area contributed by atoms with E-state index in [0.717, 1.165) is 31.4 Å². The molecule has 6 aromatic rings. The number of ketones is 3. The van der Waals surface area contributed by atoms with Crippen LogP contribution < -0.4 is 43.0 Å². The molecule has 13 amide bonds. The number of aromatic amines is 2. The largest absolute Gasteiger partial charge is 0.508 e. The fraction of sp³-hybridized carbons (Fsp3) is 0.537.